The molecule has 150 valence electrons. The minimum atomic E-state index is 0. The summed E-state index contributed by atoms with van der Waals surface area (Å²) < 4.78 is 7.36. The van der Waals surface area contributed by atoms with Crippen molar-refractivity contribution in [1.29, 1.82) is 0 Å². The van der Waals surface area contributed by atoms with Gasteiger partial charge in [0.1, 0.15) is 12.1 Å². The molecular formula is C19H26IN7O. The number of aromatic nitrogens is 4. The molecule has 0 radical (unpaired) electrons. The Balaban J connectivity index is 0.00000280. The molecule has 3 rings (SSSR count). The van der Waals surface area contributed by atoms with Gasteiger partial charge in [-0.25, -0.2) is 0 Å². The zero-order chi connectivity index (χ0) is 19.1. The molecule has 0 aliphatic carbocycles. The Morgan fingerprint density at radius 3 is 2.54 bits per heavy atom. The van der Waals surface area contributed by atoms with Crippen molar-refractivity contribution in [1.82, 2.24) is 30.6 Å². The molecule has 0 bridgehead atoms. The lowest BCUT2D eigenvalue weighted by Crippen LogP contribution is -2.37. The summed E-state index contributed by atoms with van der Waals surface area (Å²) in [5, 5.41) is 19.0. The quantitative estimate of drug-likeness (QED) is 0.298. The monoisotopic (exact) mass is 495 g/mol. The molecule has 2 aromatic heterocycles. The largest absolute Gasteiger partial charge is 0.361 e. The lowest BCUT2D eigenvalue weighted by atomic mass is 10.1. The van der Waals surface area contributed by atoms with E-state index in [2.05, 4.69) is 44.8 Å². The molecule has 0 aliphatic rings. The number of para-hydroxylation sites is 1. The smallest absolute Gasteiger partial charge is 0.191 e. The average Bonchev–Trinajstić information content (AvgIpc) is 3.35. The third-order valence-corrected chi connectivity index (χ3v) is 4.33. The molecule has 28 heavy (non-hydrogen) atoms. The van der Waals surface area contributed by atoms with Crippen molar-refractivity contribution in [2.75, 3.05) is 7.05 Å². The molecule has 0 fully saturated rings. The highest BCUT2D eigenvalue weighted by molar-refractivity contribution is 14.0. The number of halogens is 1. The first-order valence-electron chi connectivity index (χ1n) is 9.11. The van der Waals surface area contributed by atoms with Gasteiger partial charge in [0.15, 0.2) is 11.8 Å². The number of hydrogen-bond donors (Lipinski definition) is 2. The summed E-state index contributed by atoms with van der Waals surface area (Å²) in [6.45, 7) is 5.25. The third kappa shape index (κ3) is 5.09. The summed E-state index contributed by atoms with van der Waals surface area (Å²) in [5.41, 5.74) is 3.11. The SMILES string of the molecule is CCc1noc(CC)c1CNC(=NC)NCc1nncn1-c1ccccc1.I. The fourth-order valence-corrected chi connectivity index (χ4v) is 2.88. The minimum absolute atomic E-state index is 0. The van der Waals surface area contributed by atoms with Gasteiger partial charge in [-0.15, -0.1) is 34.2 Å². The predicted octanol–water partition coefficient (Wildman–Crippen LogP) is 2.86. The van der Waals surface area contributed by atoms with Gasteiger partial charge < -0.3 is 15.2 Å². The molecular weight excluding hydrogens is 469 g/mol. The molecule has 2 heterocycles. The number of aryl methyl sites for hydroxylation is 2. The Kier molecular flexibility index (Phi) is 8.42. The van der Waals surface area contributed by atoms with E-state index in [4.69, 9.17) is 4.52 Å². The standard InChI is InChI=1S/C19H25N7O.HI/c1-4-16-15(17(5-2)27-25-16)11-21-19(20-3)22-12-18-24-23-13-26(18)14-9-7-6-8-10-14;/h6-10,13H,4-5,11-12H2,1-3H3,(H2,20,21,22);1H. The molecule has 8 nitrogen and oxygen atoms in total. The van der Waals surface area contributed by atoms with Crippen LogP contribution in [0.4, 0.5) is 0 Å². The number of benzene rings is 1. The number of guanidine groups is 1. The van der Waals surface area contributed by atoms with Crippen LogP contribution in [-0.2, 0) is 25.9 Å². The second-order valence-corrected chi connectivity index (χ2v) is 5.97. The van der Waals surface area contributed by atoms with Gasteiger partial charge in [-0.05, 0) is 18.6 Å². The summed E-state index contributed by atoms with van der Waals surface area (Å²) in [5.74, 6) is 2.40. The molecule has 0 atom stereocenters. The zero-order valence-electron chi connectivity index (χ0n) is 16.3. The third-order valence-electron chi connectivity index (χ3n) is 4.33. The first-order valence-corrected chi connectivity index (χ1v) is 9.11. The summed E-state index contributed by atoms with van der Waals surface area (Å²) in [4.78, 5) is 4.29. The predicted molar refractivity (Wildman–Crippen MR) is 119 cm³/mol. The average molecular weight is 495 g/mol. The highest BCUT2D eigenvalue weighted by Crippen LogP contribution is 2.15. The number of hydrogen-bond acceptors (Lipinski definition) is 5. The van der Waals surface area contributed by atoms with Crippen LogP contribution in [-0.4, -0.2) is 32.9 Å². The summed E-state index contributed by atoms with van der Waals surface area (Å²) in [6.07, 6.45) is 3.36. The lowest BCUT2D eigenvalue weighted by molar-refractivity contribution is 0.380. The number of nitrogens with one attached hydrogen (secondary N) is 2. The maximum atomic E-state index is 5.41. The summed E-state index contributed by atoms with van der Waals surface area (Å²) >= 11 is 0. The van der Waals surface area contributed by atoms with Gasteiger partial charge in [0, 0.05) is 31.3 Å². The van der Waals surface area contributed by atoms with Crippen molar-refractivity contribution in [2.24, 2.45) is 4.99 Å². The van der Waals surface area contributed by atoms with Gasteiger partial charge in [0.25, 0.3) is 0 Å². The minimum Gasteiger partial charge on any atom is -0.361 e. The highest BCUT2D eigenvalue weighted by Gasteiger charge is 2.14. The van der Waals surface area contributed by atoms with Crippen LogP contribution in [0.2, 0.25) is 0 Å². The van der Waals surface area contributed by atoms with E-state index in [-0.39, 0.29) is 24.0 Å². The van der Waals surface area contributed by atoms with E-state index in [9.17, 15) is 0 Å². The number of aliphatic imine (C=N–C) groups is 1. The van der Waals surface area contributed by atoms with E-state index < -0.39 is 0 Å². The van der Waals surface area contributed by atoms with Crippen molar-refractivity contribution < 1.29 is 4.52 Å². The van der Waals surface area contributed by atoms with Crippen molar-refractivity contribution in [2.45, 2.75) is 39.8 Å². The van der Waals surface area contributed by atoms with Crippen LogP contribution in [0.5, 0.6) is 0 Å². The molecule has 0 spiro atoms. The van der Waals surface area contributed by atoms with E-state index in [1.54, 1.807) is 13.4 Å². The molecule has 9 heteroatoms. The van der Waals surface area contributed by atoms with E-state index in [0.29, 0.717) is 19.0 Å². The van der Waals surface area contributed by atoms with Crippen LogP contribution >= 0.6 is 24.0 Å². The van der Waals surface area contributed by atoms with Gasteiger partial charge in [0.05, 0.1) is 12.2 Å². The van der Waals surface area contributed by atoms with Crippen LogP contribution in [0.1, 0.15) is 36.7 Å². The van der Waals surface area contributed by atoms with Gasteiger partial charge in [0.2, 0.25) is 0 Å². The maximum Gasteiger partial charge on any atom is 0.191 e. The zero-order valence-corrected chi connectivity index (χ0v) is 18.7. The van der Waals surface area contributed by atoms with Crippen molar-refractivity contribution >= 4 is 29.9 Å². The molecule has 2 N–H and O–H groups in total. The second kappa shape index (κ2) is 10.8. The first-order chi connectivity index (χ1) is 13.3. The Labute approximate surface area is 181 Å². The number of nitrogens with zero attached hydrogens (tertiary/aromatic N) is 5. The topological polar surface area (TPSA) is 93.2 Å². The van der Waals surface area contributed by atoms with E-state index in [1.165, 1.54) is 0 Å². The fraction of sp³-hybridized carbons (Fsp3) is 0.368. The molecule has 0 aliphatic heterocycles. The molecule has 0 saturated carbocycles. The van der Waals surface area contributed by atoms with E-state index in [0.717, 1.165) is 41.4 Å². The fourth-order valence-electron chi connectivity index (χ4n) is 2.88. The summed E-state index contributed by atoms with van der Waals surface area (Å²) in [6, 6.07) is 10.00. The highest BCUT2D eigenvalue weighted by atomic mass is 127. The number of rotatable bonds is 7. The Morgan fingerprint density at radius 2 is 1.86 bits per heavy atom. The van der Waals surface area contributed by atoms with Crippen molar-refractivity contribution in [3.8, 4) is 5.69 Å². The van der Waals surface area contributed by atoms with Gasteiger partial charge in [-0.2, -0.15) is 0 Å². The van der Waals surface area contributed by atoms with Crippen LogP contribution in [0.3, 0.4) is 0 Å². The van der Waals surface area contributed by atoms with Crippen molar-refractivity contribution in [3.63, 3.8) is 0 Å². The normalized spacial score (nSPS) is 11.2. The van der Waals surface area contributed by atoms with Crippen LogP contribution in [0.15, 0.2) is 46.2 Å². The van der Waals surface area contributed by atoms with Gasteiger partial charge >= 0.3 is 0 Å². The van der Waals surface area contributed by atoms with Gasteiger partial charge in [-0.1, -0.05) is 37.2 Å². The van der Waals surface area contributed by atoms with Crippen LogP contribution in [0, 0.1) is 0 Å². The molecule has 0 saturated heterocycles. The summed E-state index contributed by atoms with van der Waals surface area (Å²) in [7, 11) is 1.74. The lowest BCUT2D eigenvalue weighted by Gasteiger charge is -2.12. The van der Waals surface area contributed by atoms with Crippen molar-refractivity contribution in [3.05, 3.63) is 59.5 Å². The maximum absolute atomic E-state index is 5.41. The molecule has 1 aromatic carbocycles. The first kappa shape index (κ1) is 21.9. The van der Waals surface area contributed by atoms with E-state index >= 15 is 0 Å². The molecule has 3 aromatic rings. The van der Waals surface area contributed by atoms with Crippen LogP contribution in [0.25, 0.3) is 5.69 Å². The van der Waals surface area contributed by atoms with E-state index in [1.807, 2.05) is 34.9 Å². The molecule has 0 unspecified atom stereocenters. The van der Waals surface area contributed by atoms with Gasteiger partial charge in [-0.3, -0.25) is 9.56 Å². The Morgan fingerprint density at radius 1 is 1.11 bits per heavy atom. The molecule has 0 amide bonds. The Bertz CT molecular complexity index is 867. The Hall–Kier alpha value is -2.43. The van der Waals surface area contributed by atoms with Crippen LogP contribution < -0.4 is 10.6 Å². The second-order valence-electron chi connectivity index (χ2n) is 5.97.